The molecule has 2 aliphatic heterocycles. The molecular weight excluding hydrogens is 452 g/mol. The van der Waals surface area contributed by atoms with Crippen LogP contribution in [0.1, 0.15) is 24.5 Å². The largest absolute Gasteiger partial charge is 0.395 e. The van der Waals surface area contributed by atoms with E-state index in [1.165, 1.54) is 0 Å². The predicted octanol–water partition coefficient (Wildman–Crippen LogP) is 3.24. The lowest BCUT2D eigenvalue weighted by Crippen LogP contribution is -2.28. The second-order valence-corrected chi connectivity index (χ2v) is 9.86. The first-order valence-corrected chi connectivity index (χ1v) is 11.7. The summed E-state index contributed by atoms with van der Waals surface area (Å²) in [6.07, 6.45) is 2.81. The maximum Gasteiger partial charge on any atom is 0.228 e. The first-order valence-electron chi connectivity index (χ1n) is 11.3. The summed E-state index contributed by atoms with van der Waals surface area (Å²) in [4.78, 5) is 11.4. The third kappa shape index (κ3) is 4.20. The molecule has 3 aromatic rings. The molecule has 9 nitrogen and oxygen atoms in total. The number of aliphatic hydroxyl groups excluding tert-OH is 1. The number of hydrogen-bond donors (Lipinski definition) is 3. The van der Waals surface area contributed by atoms with E-state index in [-0.39, 0.29) is 6.61 Å². The van der Waals surface area contributed by atoms with Crippen molar-refractivity contribution in [1.29, 1.82) is 5.26 Å². The first-order chi connectivity index (χ1) is 16.4. The summed E-state index contributed by atoms with van der Waals surface area (Å²) in [5, 5.41) is 31.1. The highest BCUT2D eigenvalue weighted by molar-refractivity contribution is 6.29. The summed E-state index contributed by atoms with van der Waals surface area (Å²) < 4.78 is 1.88. The summed E-state index contributed by atoms with van der Waals surface area (Å²) in [6, 6.07) is 9.67. The summed E-state index contributed by atoms with van der Waals surface area (Å²) in [5.74, 6) is 1.67. The average Bonchev–Trinajstić information content (AvgIpc) is 3.51. The Morgan fingerprint density at radius 1 is 1.38 bits per heavy atom. The van der Waals surface area contributed by atoms with E-state index in [1.807, 2.05) is 29.8 Å². The van der Waals surface area contributed by atoms with Crippen molar-refractivity contribution >= 4 is 29.1 Å². The number of halogens is 1. The van der Waals surface area contributed by atoms with E-state index in [1.54, 1.807) is 12.3 Å². The molecule has 0 saturated carbocycles. The molecule has 2 atom stereocenters. The molecular formula is C24H27ClN8O. The molecule has 0 aliphatic carbocycles. The van der Waals surface area contributed by atoms with Crippen LogP contribution in [-0.4, -0.2) is 63.0 Å². The van der Waals surface area contributed by atoms with Gasteiger partial charge >= 0.3 is 0 Å². The number of aromatic nitrogens is 4. The van der Waals surface area contributed by atoms with Crippen molar-refractivity contribution in [2.24, 2.45) is 5.92 Å². The zero-order chi connectivity index (χ0) is 23.9. The smallest absolute Gasteiger partial charge is 0.228 e. The van der Waals surface area contributed by atoms with Crippen LogP contribution in [0.25, 0.3) is 11.3 Å². The first kappa shape index (κ1) is 22.6. The van der Waals surface area contributed by atoms with Crippen LogP contribution in [0, 0.1) is 17.2 Å². The van der Waals surface area contributed by atoms with E-state index in [0.29, 0.717) is 34.8 Å². The second kappa shape index (κ2) is 8.87. The molecule has 1 fully saturated rings. The minimum atomic E-state index is -0.456. The van der Waals surface area contributed by atoms with E-state index >= 15 is 0 Å². The summed E-state index contributed by atoms with van der Waals surface area (Å²) in [7, 11) is 2.13. The minimum Gasteiger partial charge on any atom is -0.395 e. The van der Waals surface area contributed by atoms with E-state index < -0.39 is 5.41 Å². The normalized spacial score (nSPS) is 21.8. The summed E-state index contributed by atoms with van der Waals surface area (Å²) in [5.41, 5.74) is 3.25. The lowest BCUT2D eigenvalue weighted by Gasteiger charge is -2.21. The lowest BCUT2D eigenvalue weighted by atomic mass is 9.83. The number of anilines is 3. The van der Waals surface area contributed by atoms with Gasteiger partial charge in [0, 0.05) is 42.9 Å². The Labute approximate surface area is 203 Å². The fourth-order valence-corrected chi connectivity index (χ4v) is 5.00. The monoisotopic (exact) mass is 478 g/mol. The van der Waals surface area contributed by atoms with Crippen molar-refractivity contribution in [2.45, 2.75) is 25.3 Å². The third-order valence-electron chi connectivity index (χ3n) is 6.77. The van der Waals surface area contributed by atoms with Gasteiger partial charge in [-0.2, -0.15) is 10.4 Å². The quantitative estimate of drug-likeness (QED) is 0.494. The molecule has 0 bridgehead atoms. The van der Waals surface area contributed by atoms with E-state index in [9.17, 15) is 10.4 Å². The molecule has 4 heterocycles. The third-order valence-corrected chi connectivity index (χ3v) is 6.96. The molecule has 0 unspecified atom stereocenters. The number of aliphatic hydroxyl groups is 1. The highest BCUT2D eigenvalue weighted by Crippen LogP contribution is 2.41. The molecule has 0 spiro atoms. The lowest BCUT2D eigenvalue weighted by molar-refractivity contribution is 0.219. The Balaban J connectivity index is 1.44. The van der Waals surface area contributed by atoms with Gasteiger partial charge in [-0.1, -0.05) is 18.5 Å². The molecule has 176 valence electrons. The Hall–Kier alpha value is -3.19. The van der Waals surface area contributed by atoms with Gasteiger partial charge in [-0.3, -0.25) is 0 Å². The molecule has 1 saturated heterocycles. The van der Waals surface area contributed by atoms with Gasteiger partial charge in [0.05, 0.1) is 23.6 Å². The van der Waals surface area contributed by atoms with Crippen molar-refractivity contribution in [3.8, 4) is 17.3 Å². The van der Waals surface area contributed by atoms with Gasteiger partial charge in [-0.05, 0) is 49.7 Å². The topological polar surface area (TPSA) is 115 Å². The minimum absolute atomic E-state index is 0.0144. The van der Waals surface area contributed by atoms with Gasteiger partial charge in [0.2, 0.25) is 5.95 Å². The number of likely N-dealkylation sites (tertiary alicyclic amines) is 1. The number of hydrogen-bond acceptors (Lipinski definition) is 8. The van der Waals surface area contributed by atoms with Gasteiger partial charge in [-0.15, -0.1) is 0 Å². The highest BCUT2D eigenvalue weighted by atomic mass is 35.5. The molecule has 34 heavy (non-hydrogen) atoms. The number of rotatable bonds is 6. The SMILES string of the molecule is CN1CC[C@H](Cn2nc(Cl)cc2Nc2nccc(-c3cc(C#N)c4c(c3)[C@@](C)(CO)CN4)n2)C1. The Kier molecular flexibility index (Phi) is 5.90. The molecule has 1 aromatic carbocycles. The number of nitrogens with zero attached hydrogens (tertiary/aromatic N) is 6. The van der Waals surface area contributed by atoms with Gasteiger partial charge in [-0.25, -0.2) is 14.6 Å². The molecule has 2 aromatic heterocycles. The van der Waals surface area contributed by atoms with Crippen LogP contribution in [0.2, 0.25) is 5.15 Å². The number of nitriles is 1. The second-order valence-electron chi connectivity index (χ2n) is 9.47. The van der Waals surface area contributed by atoms with E-state index in [0.717, 1.165) is 48.7 Å². The van der Waals surface area contributed by atoms with Crippen molar-refractivity contribution in [1.82, 2.24) is 24.6 Å². The van der Waals surface area contributed by atoms with Crippen LogP contribution >= 0.6 is 11.6 Å². The Morgan fingerprint density at radius 2 is 2.24 bits per heavy atom. The fourth-order valence-electron chi connectivity index (χ4n) is 4.80. The van der Waals surface area contributed by atoms with Crippen molar-refractivity contribution in [2.75, 3.05) is 43.9 Å². The number of fused-ring (bicyclic) bond motifs is 1. The molecule has 0 radical (unpaired) electrons. The maximum atomic E-state index is 9.97. The summed E-state index contributed by atoms with van der Waals surface area (Å²) in [6.45, 7) is 5.43. The molecule has 5 rings (SSSR count). The van der Waals surface area contributed by atoms with Crippen LogP contribution in [0.15, 0.2) is 30.5 Å². The molecule has 0 amide bonds. The van der Waals surface area contributed by atoms with Gasteiger partial charge in [0.25, 0.3) is 0 Å². The average molecular weight is 479 g/mol. The van der Waals surface area contributed by atoms with Crippen LogP contribution in [0.3, 0.4) is 0 Å². The van der Waals surface area contributed by atoms with E-state index in [4.69, 9.17) is 16.6 Å². The molecule has 2 aliphatic rings. The van der Waals surface area contributed by atoms with Crippen LogP contribution in [0.5, 0.6) is 0 Å². The standard InChI is InChI=1S/C24H27ClN8O/c1-24(14-34)13-28-22-17(10-26)7-16(8-18(22)24)19-3-5-27-23(29-19)30-21-9-20(25)31-33(21)12-15-4-6-32(2)11-15/h3,5,7-9,15,28,34H,4,6,11-14H2,1-2H3,(H,27,29,30)/t15-,24+/m0/s1. The van der Waals surface area contributed by atoms with Crippen molar-refractivity contribution in [3.63, 3.8) is 0 Å². The Morgan fingerprint density at radius 3 is 2.97 bits per heavy atom. The zero-order valence-corrected chi connectivity index (χ0v) is 20.0. The number of benzene rings is 1. The number of nitrogens with one attached hydrogen (secondary N) is 2. The van der Waals surface area contributed by atoms with Gasteiger partial charge in [0.15, 0.2) is 5.15 Å². The highest BCUT2D eigenvalue weighted by Gasteiger charge is 2.36. The van der Waals surface area contributed by atoms with Crippen LogP contribution in [-0.2, 0) is 12.0 Å². The summed E-state index contributed by atoms with van der Waals surface area (Å²) >= 11 is 6.22. The maximum absolute atomic E-state index is 9.97. The van der Waals surface area contributed by atoms with Gasteiger partial charge < -0.3 is 20.6 Å². The van der Waals surface area contributed by atoms with Crippen molar-refractivity contribution < 1.29 is 5.11 Å². The van der Waals surface area contributed by atoms with Crippen LogP contribution < -0.4 is 10.6 Å². The van der Waals surface area contributed by atoms with Crippen LogP contribution in [0.4, 0.5) is 17.5 Å². The zero-order valence-electron chi connectivity index (χ0n) is 19.2. The van der Waals surface area contributed by atoms with Crippen molar-refractivity contribution in [3.05, 3.63) is 46.7 Å². The predicted molar refractivity (Wildman–Crippen MR) is 131 cm³/mol. The Bertz CT molecular complexity index is 1270. The molecule has 10 heteroatoms. The molecule has 3 N–H and O–H groups in total. The fraction of sp³-hybridized carbons (Fsp3) is 0.417. The van der Waals surface area contributed by atoms with Gasteiger partial charge in [0.1, 0.15) is 11.9 Å². The van der Waals surface area contributed by atoms with E-state index in [2.05, 4.69) is 38.7 Å².